The van der Waals surface area contributed by atoms with Crippen molar-refractivity contribution in [3.05, 3.63) is 41.8 Å². The third-order valence-corrected chi connectivity index (χ3v) is 3.31. The number of carboxylic acids is 1. The SMILES string of the molecule is O=C(O)C1CCc2oc(-c3ccccc3)nc2C1. The predicted molar refractivity (Wildman–Crippen MR) is 65.1 cm³/mol. The number of benzene rings is 1. The second-order valence-corrected chi connectivity index (χ2v) is 4.53. The summed E-state index contributed by atoms with van der Waals surface area (Å²) < 4.78 is 5.72. The van der Waals surface area contributed by atoms with Crippen molar-refractivity contribution in [2.75, 3.05) is 0 Å². The molecule has 0 bridgehead atoms. The Balaban J connectivity index is 1.92. The van der Waals surface area contributed by atoms with Crippen LogP contribution in [0.25, 0.3) is 11.5 Å². The van der Waals surface area contributed by atoms with E-state index in [0.717, 1.165) is 17.0 Å². The molecular weight excluding hydrogens is 230 g/mol. The number of hydrogen-bond donors (Lipinski definition) is 1. The molecular formula is C14H13NO3. The van der Waals surface area contributed by atoms with E-state index in [1.165, 1.54) is 0 Å². The van der Waals surface area contributed by atoms with E-state index in [0.29, 0.717) is 25.2 Å². The molecule has 4 nitrogen and oxygen atoms in total. The molecule has 1 heterocycles. The van der Waals surface area contributed by atoms with Crippen molar-refractivity contribution >= 4 is 5.97 Å². The fourth-order valence-corrected chi connectivity index (χ4v) is 2.29. The molecule has 92 valence electrons. The summed E-state index contributed by atoms with van der Waals surface area (Å²) in [5.41, 5.74) is 1.73. The number of rotatable bonds is 2. The van der Waals surface area contributed by atoms with E-state index in [9.17, 15) is 4.79 Å². The summed E-state index contributed by atoms with van der Waals surface area (Å²) in [6.45, 7) is 0. The standard InChI is InChI=1S/C14H13NO3/c16-14(17)10-6-7-12-11(8-10)15-13(18-12)9-4-2-1-3-5-9/h1-5,10H,6-8H2,(H,16,17). The Bertz CT molecular complexity index is 574. The second kappa shape index (κ2) is 4.29. The minimum atomic E-state index is -0.745. The van der Waals surface area contributed by atoms with Gasteiger partial charge in [-0.15, -0.1) is 0 Å². The first kappa shape index (κ1) is 11.0. The first-order valence-electron chi connectivity index (χ1n) is 6.01. The minimum Gasteiger partial charge on any atom is -0.481 e. The van der Waals surface area contributed by atoms with Crippen LogP contribution in [0.5, 0.6) is 0 Å². The van der Waals surface area contributed by atoms with Gasteiger partial charge < -0.3 is 9.52 Å². The maximum absolute atomic E-state index is 11.0. The van der Waals surface area contributed by atoms with Gasteiger partial charge in [-0.3, -0.25) is 4.79 Å². The quantitative estimate of drug-likeness (QED) is 0.880. The number of carboxylic acid groups (broad SMARTS) is 1. The van der Waals surface area contributed by atoms with E-state index >= 15 is 0 Å². The van der Waals surface area contributed by atoms with E-state index in [1.54, 1.807) is 0 Å². The first-order chi connectivity index (χ1) is 8.74. The molecule has 4 heteroatoms. The van der Waals surface area contributed by atoms with Crippen LogP contribution in [-0.2, 0) is 17.6 Å². The Labute approximate surface area is 104 Å². The second-order valence-electron chi connectivity index (χ2n) is 4.53. The lowest BCUT2D eigenvalue weighted by atomic mass is 9.90. The van der Waals surface area contributed by atoms with Gasteiger partial charge >= 0.3 is 5.97 Å². The van der Waals surface area contributed by atoms with Gasteiger partial charge in [-0.2, -0.15) is 0 Å². The number of aryl methyl sites for hydroxylation is 1. The van der Waals surface area contributed by atoms with Crippen molar-refractivity contribution in [2.45, 2.75) is 19.3 Å². The summed E-state index contributed by atoms with van der Waals surface area (Å²) in [4.78, 5) is 15.4. The van der Waals surface area contributed by atoms with Gasteiger partial charge in [0.2, 0.25) is 5.89 Å². The van der Waals surface area contributed by atoms with E-state index in [4.69, 9.17) is 9.52 Å². The number of fused-ring (bicyclic) bond motifs is 1. The molecule has 3 rings (SSSR count). The summed E-state index contributed by atoms with van der Waals surface area (Å²) in [5.74, 6) is 0.356. The summed E-state index contributed by atoms with van der Waals surface area (Å²) in [6, 6.07) is 9.67. The number of hydrogen-bond acceptors (Lipinski definition) is 3. The maximum Gasteiger partial charge on any atom is 0.306 e. The first-order valence-corrected chi connectivity index (χ1v) is 6.01. The van der Waals surface area contributed by atoms with Gasteiger partial charge in [-0.25, -0.2) is 4.98 Å². The fraction of sp³-hybridized carbons (Fsp3) is 0.286. The van der Waals surface area contributed by atoms with E-state index in [-0.39, 0.29) is 5.92 Å². The molecule has 0 saturated carbocycles. The lowest BCUT2D eigenvalue weighted by molar-refractivity contribution is -0.142. The highest BCUT2D eigenvalue weighted by Gasteiger charge is 2.28. The van der Waals surface area contributed by atoms with Gasteiger partial charge in [0.15, 0.2) is 0 Å². The van der Waals surface area contributed by atoms with Crippen LogP contribution in [0.4, 0.5) is 0 Å². The Morgan fingerprint density at radius 1 is 1.33 bits per heavy atom. The average molecular weight is 243 g/mol. The van der Waals surface area contributed by atoms with Crippen LogP contribution in [0.1, 0.15) is 17.9 Å². The van der Waals surface area contributed by atoms with Crippen molar-refractivity contribution in [1.29, 1.82) is 0 Å². The molecule has 1 aliphatic carbocycles. The van der Waals surface area contributed by atoms with Gasteiger partial charge in [0.25, 0.3) is 0 Å². The summed E-state index contributed by atoms with van der Waals surface area (Å²) in [6.07, 6.45) is 1.76. The number of carbonyl (C=O) groups is 1. The van der Waals surface area contributed by atoms with Crippen LogP contribution in [0, 0.1) is 5.92 Å². The number of nitrogens with zero attached hydrogens (tertiary/aromatic N) is 1. The molecule has 1 N–H and O–H groups in total. The molecule has 2 aromatic rings. The lowest BCUT2D eigenvalue weighted by Gasteiger charge is -2.15. The van der Waals surface area contributed by atoms with E-state index in [2.05, 4.69) is 4.98 Å². The van der Waals surface area contributed by atoms with Gasteiger partial charge in [-0.05, 0) is 18.6 Å². The fourth-order valence-electron chi connectivity index (χ4n) is 2.29. The van der Waals surface area contributed by atoms with Gasteiger partial charge in [0.1, 0.15) is 5.76 Å². The van der Waals surface area contributed by atoms with Gasteiger partial charge in [0, 0.05) is 18.4 Å². The maximum atomic E-state index is 11.0. The van der Waals surface area contributed by atoms with Crippen LogP contribution in [-0.4, -0.2) is 16.1 Å². The van der Waals surface area contributed by atoms with Crippen molar-refractivity contribution in [1.82, 2.24) is 4.98 Å². The molecule has 0 fully saturated rings. The van der Waals surface area contributed by atoms with Crippen LogP contribution in [0.15, 0.2) is 34.7 Å². The molecule has 1 atom stereocenters. The van der Waals surface area contributed by atoms with Crippen molar-refractivity contribution in [3.63, 3.8) is 0 Å². The Morgan fingerprint density at radius 3 is 2.83 bits per heavy atom. The highest BCUT2D eigenvalue weighted by molar-refractivity contribution is 5.70. The van der Waals surface area contributed by atoms with Crippen LogP contribution in [0.2, 0.25) is 0 Å². The Hall–Kier alpha value is -2.10. The zero-order chi connectivity index (χ0) is 12.5. The zero-order valence-electron chi connectivity index (χ0n) is 9.80. The molecule has 0 radical (unpaired) electrons. The normalized spacial score (nSPS) is 18.3. The minimum absolute atomic E-state index is 0.328. The van der Waals surface area contributed by atoms with E-state index in [1.807, 2.05) is 30.3 Å². The molecule has 0 saturated heterocycles. The zero-order valence-corrected chi connectivity index (χ0v) is 9.80. The average Bonchev–Trinajstić information content (AvgIpc) is 2.82. The van der Waals surface area contributed by atoms with Crippen molar-refractivity contribution < 1.29 is 14.3 Å². The predicted octanol–water partition coefficient (Wildman–Crippen LogP) is 2.53. The van der Waals surface area contributed by atoms with E-state index < -0.39 is 5.97 Å². The number of oxazole rings is 1. The van der Waals surface area contributed by atoms with Crippen LogP contribution >= 0.6 is 0 Å². The monoisotopic (exact) mass is 243 g/mol. The summed E-state index contributed by atoms with van der Waals surface area (Å²) in [7, 11) is 0. The largest absolute Gasteiger partial charge is 0.481 e. The highest BCUT2D eigenvalue weighted by Crippen LogP contribution is 2.29. The molecule has 1 aromatic heterocycles. The molecule has 1 unspecified atom stereocenters. The number of aromatic nitrogens is 1. The molecule has 0 aliphatic heterocycles. The third-order valence-electron chi connectivity index (χ3n) is 3.31. The topological polar surface area (TPSA) is 63.3 Å². The van der Waals surface area contributed by atoms with Crippen molar-refractivity contribution in [3.8, 4) is 11.5 Å². The Morgan fingerprint density at radius 2 is 2.11 bits per heavy atom. The smallest absolute Gasteiger partial charge is 0.306 e. The highest BCUT2D eigenvalue weighted by atomic mass is 16.4. The van der Waals surface area contributed by atoms with Gasteiger partial charge in [0.05, 0.1) is 11.6 Å². The third kappa shape index (κ3) is 1.90. The Kier molecular flexibility index (Phi) is 2.63. The summed E-state index contributed by atoms with van der Waals surface area (Å²) in [5, 5.41) is 9.03. The lowest BCUT2D eigenvalue weighted by Crippen LogP contribution is -2.21. The number of aliphatic carboxylic acids is 1. The molecule has 1 aromatic carbocycles. The molecule has 0 spiro atoms. The molecule has 0 amide bonds. The molecule has 1 aliphatic rings. The summed E-state index contributed by atoms with van der Waals surface area (Å²) >= 11 is 0. The van der Waals surface area contributed by atoms with Gasteiger partial charge in [-0.1, -0.05) is 18.2 Å². The van der Waals surface area contributed by atoms with Crippen LogP contribution in [0.3, 0.4) is 0 Å². The van der Waals surface area contributed by atoms with Crippen LogP contribution < -0.4 is 0 Å². The molecule has 18 heavy (non-hydrogen) atoms. The van der Waals surface area contributed by atoms with Crippen molar-refractivity contribution in [2.24, 2.45) is 5.92 Å².